The van der Waals surface area contributed by atoms with Gasteiger partial charge in [0.15, 0.2) is 0 Å². The Morgan fingerprint density at radius 3 is 2.76 bits per heavy atom. The highest BCUT2D eigenvalue weighted by molar-refractivity contribution is 5.16. The lowest BCUT2D eigenvalue weighted by molar-refractivity contribution is 0.00467. The molecule has 3 nitrogen and oxygen atoms in total. The highest BCUT2D eigenvalue weighted by Gasteiger charge is 2.28. The molecule has 1 saturated carbocycles. The van der Waals surface area contributed by atoms with Crippen LogP contribution in [-0.2, 0) is 6.54 Å². The Bertz CT molecular complexity index is 359. The van der Waals surface area contributed by atoms with Gasteiger partial charge in [-0.3, -0.25) is 4.98 Å². The number of nitrogens with one attached hydrogen (secondary N) is 1. The summed E-state index contributed by atoms with van der Waals surface area (Å²) in [6.07, 6.45) is 9.19. The van der Waals surface area contributed by atoms with Gasteiger partial charge in [-0.2, -0.15) is 0 Å². The van der Waals surface area contributed by atoms with E-state index in [2.05, 4.69) is 16.4 Å². The zero-order chi connectivity index (χ0) is 12.1. The van der Waals surface area contributed by atoms with Crippen LogP contribution in [0, 0.1) is 6.92 Å². The van der Waals surface area contributed by atoms with Gasteiger partial charge in [-0.15, -0.1) is 0 Å². The Morgan fingerprint density at radius 1 is 1.29 bits per heavy atom. The maximum absolute atomic E-state index is 10.3. The van der Waals surface area contributed by atoms with E-state index in [9.17, 15) is 5.11 Å². The van der Waals surface area contributed by atoms with Crippen LogP contribution in [0.5, 0.6) is 0 Å². The van der Waals surface area contributed by atoms with Crippen LogP contribution in [0.1, 0.15) is 43.2 Å². The fourth-order valence-corrected chi connectivity index (χ4v) is 2.54. The molecule has 2 N–H and O–H groups in total. The molecule has 0 spiro atoms. The first-order valence-electron chi connectivity index (χ1n) is 6.52. The van der Waals surface area contributed by atoms with Gasteiger partial charge in [0.2, 0.25) is 0 Å². The summed E-state index contributed by atoms with van der Waals surface area (Å²) in [5.41, 5.74) is 1.89. The Morgan fingerprint density at radius 2 is 2.06 bits per heavy atom. The minimum absolute atomic E-state index is 0.477. The van der Waals surface area contributed by atoms with Crippen LogP contribution in [-0.4, -0.2) is 22.2 Å². The first-order valence-corrected chi connectivity index (χ1v) is 6.52. The van der Waals surface area contributed by atoms with Gasteiger partial charge < -0.3 is 10.4 Å². The summed E-state index contributed by atoms with van der Waals surface area (Å²) < 4.78 is 0. The van der Waals surface area contributed by atoms with E-state index in [0.29, 0.717) is 6.54 Å². The van der Waals surface area contributed by atoms with E-state index >= 15 is 0 Å². The van der Waals surface area contributed by atoms with Crippen molar-refractivity contribution in [2.45, 2.75) is 51.2 Å². The van der Waals surface area contributed by atoms with Gasteiger partial charge in [-0.05, 0) is 30.9 Å². The summed E-state index contributed by atoms with van der Waals surface area (Å²) in [5, 5.41) is 13.7. The molecule has 0 unspecified atom stereocenters. The van der Waals surface area contributed by atoms with Crippen molar-refractivity contribution in [1.29, 1.82) is 0 Å². The van der Waals surface area contributed by atoms with Crippen molar-refractivity contribution in [3.8, 4) is 0 Å². The molecule has 0 amide bonds. The molecule has 0 aliphatic heterocycles. The zero-order valence-corrected chi connectivity index (χ0v) is 10.6. The molecule has 3 heteroatoms. The molecule has 1 aromatic heterocycles. The molecule has 1 aromatic rings. The second-order valence-electron chi connectivity index (χ2n) is 5.26. The van der Waals surface area contributed by atoms with E-state index in [1.807, 2.05) is 19.3 Å². The largest absolute Gasteiger partial charge is 0.389 e. The lowest BCUT2D eigenvalue weighted by Gasteiger charge is -2.32. The number of rotatable bonds is 4. The fourth-order valence-electron chi connectivity index (χ4n) is 2.54. The third kappa shape index (κ3) is 3.79. The van der Waals surface area contributed by atoms with E-state index in [0.717, 1.165) is 32.2 Å². The summed E-state index contributed by atoms with van der Waals surface area (Å²) >= 11 is 0. The number of aliphatic hydroxyl groups is 1. The van der Waals surface area contributed by atoms with Crippen molar-refractivity contribution in [2.75, 3.05) is 6.54 Å². The molecule has 1 heterocycles. The summed E-state index contributed by atoms with van der Waals surface area (Å²) in [7, 11) is 0. The Hall–Kier alpha value is -0.930. The van der Waals surface area contributed by atoms with E-state index in [1.54, 1.807) is 0 Å². The first-order chi connectivity index (χ1) is 8.18. The highest BCUT2D eigenvalue weighted by Crippen LogP contribution is 2.27. The van der Waals surface area contributed by atoms with E-state index in [4.69, 9.17) is 0 Å². The van der Waals surface area contributed by atoms with Crippen LogP contribution in [0.4, 0.5) is 0 Å². The molecule has 0 radical (unpaired) electrons. The van der Waals surface area contributed by atoms with Gasteiger partial charge >= 0.3 is 0 Å². The van der Waals surface area contributed by atoms with Gasteiger partial charge in [-0.25, -0.2) is 0 Å². The minimum atomic E-state index is -0.477. The number of aromatic nitrogens is 1. The molecule has 17 heavy (non-hydrogen) atoms. The first kappa shape index (κ1) is 12.5. The van der Waals surface area contributed by atoms with Crippen molar-refractivity contribution < 1.29 is 5.11 Å². The lowest BCUT2D eigenvalue weighted by Crippen LogP contribution is -2.41. The number of aryl methyl sites for hydroxylation is 1. The highest BCUT2D eigenvalue weighted by atomic mass is 16.3. The number of nitrogens with zero attached hydrogens (tertiary/aromatic N) is 1. The van der Waals surface area contributed by atoms with Crippen molar-refractivity contribution in [2.24, 2.45) is 0 Å². The third-order valence-corrected chi connectivity index (χ3v) is 3.50. The Balaban J connectivity index is 1.79. The average molecular weight is 234 g/mol. The maximum Gasteiger partial charge on any atom is 0.0771 e. The monoisotopic (exact) mass is 234 g/mol. The molecule has 1 aliphatic carbocycles. The molecule has 1 fully saturated rings. The van der Waals surface area contributed by atoms with Crippen LogP contribution in [0.15, 0.2) is 18.5 Å². The van der Waals surface area contributed by atoms with Crippen LogP contribution >= 0.6 is 0 Å². The molecule has 0 bridgehead atoms. The number of hydrogen-bond acceptors (Lipinski definition) is 3. The van der Waals surface area contributed by atoms with Gasteiger partial charge in [0.1, 0.15) is 0 Å². The molecule has 0 saturated heterocycles. The maximum atomic E-state index is 10.3. The SMILES string of the molecule is Cc1cncc(CNCC2(O)CCCCC2)c1. The second-order valence-corrected chi connectivity index (χ2v) is 5.26. The Kier molecular flexibility index (Phi) is 4.13. The van der Waals surface area contributed by atoms with E-state index in [-0.39, 0.29) is 0 Å². The number of pyridine rings is 1. The molecular formula is C14H22N2O. The molecule has 0 aromatic carbocycles. The summed E-state index contributed by atoms with van der Waals surface area (Å²) in [4.78, 5) is 4.16. The van der Waals surface area contributed by atoms with Gasteiger partial charge in [0.05, 0.1) is 5.60 Å². The fraction of sp³-hybridized carbons (Fsp3) is 0.643. The minimum Gasteiger partial charge on any atom is -0.389 e. The van der Waals surface area contributed by atoms with Gasteiger partial charge in [-0.1, -0.05) is 25.3 Å². The number of hydrogen-bond donors (Lipinski definition) is 2. The van der Waals surface area contributed by atoms with Crippen LogP contribution in [0.2, 0.25) is 0 Å². The third-order valence-electron chi connectivity index (χ3n) is 3.50. The summed E-state index contributed by atoms with van der Waals surface area (Å²) in [6.45, 7) is 3.53. The topological polar surface area (TPSA) is 45.2 Å². The predicted molar refractivity (Wildman–Crippen MR) is 68.7 cm³/mol. The smallest absolute Gasteiger partial charge is 0.0771 e. The zero-order valence-electron chi connectivity index (χ0n) is 10.6. The van der Waals surface area contributed by atoms with Crippen molar-refractivity contribution in [1.82, 2.24) is 10.3 Å². The molecule has 1 aliphatic rings. The lowest BCUT2D eigenvalue weighted by atomic mass is 9.85. The second kappa shape index (κ2) is 5.61. The normalized spacial score (nSPS) is 19.2. The van der Waals surface area contributed by atoms with Crippen molar-refractivity contribution >= 4 is 0 Å². The standard InChI is InChI=1S/C14H22N2O/c1-12-7-13(9-15-8-12)10-16-11-14(17)5-3-2-4-6-14/h7-9,16-17H,2-6,10-11H2,1H3. The average Bonchev–Trinajstić information content (AvgIpc) is 2.30. The van der Waals surface area contributed by atoms with Crippen molar-refractivity contribution in [3.63, 3.8) is 0 Å². The van der Waals surface area contributed by atoms with Crippen LogP contribution in [0.25, 0.3) is 0 Å². The quantitative estimate of drug-likeness (QED) is 0.839. The molecule has 94 valence electrons. The van der Waals surface area contributed by atoms with Crippen LogP contribution < -0.4 is 5.32 Å². The molecule has 2 rings (SSSR count). The predicted octanol–water partition coefficient (Wildman–Crippen LogP) is 2.17. The van der Waals surface area contributed by atoms with Gasteiger partial charge in [0, 0.05) is 25.5 Å². The Labute approximate surface area is 103 Å². The van der Waals surface area contributed by atoms with E-state index < -0.39 is 5.60 Å². The van der Waals surface area contributed by atoms with Crippen LogP contribution in [0.3, 0.4) is 0 Å². The summed E-state index contributed by atoms with van der Waals surface area (Å²) in [6, 6.07) is 2.13. The van der Waals surface area contributed by atoms with E-state index in [1.165, 1.54) is 17.5 Å². The summed E-state index contributed by atoms with van der Waals surface area (Å²) in [5.74, 6) is 0. The van der Waals surface area contributed by atoms with Crippen molar-refractivity contribution in [3.05, 3.63) is 29.6 Å². The van der Waals surface area contributed by atoms with Gasteiger partial charge in [0.25, 0.3) is 0 Å². The molecule has 0 atom stereocenters. The molecular weight excluding hydrogens is 212 g/mol.